The zero-order chi connectivity index (χ0) is 12.5. The van der Waals surface area contributed by atoms with Crippen molar-refractivity contribution in [3.63, 3.8) is 0 Å². The SMILES string of the molecule is C=CC(=O)OCCC1OC2(C(N)=O)CCC1C2. The summed E-state index contributed by atoms with van der Waals surface area (Å²) in [4.78, 5) is 22.2. The number of esters is 1. The molecular formula is C12H17NO4. The maximum atomic E-state index is 11.4. The summed E-state index contributed by atoms with van der Waals surface area (Å²) in [5.74, 6) is -0.437. The Morgan fingerprint density at radius 1 is 1.59 bits per heavy atom. The fourth-order valence-electron chi connectivity index (χ4n) is 2.77. The zero-order valence-electron chi connectivity index (χ0n) is 9.69. The van der Waals surface area contributed by atoms with Crippen molar-refractivity contribution >= 4 is 11.9 Å². The molecule has 2 aliphatic rings. The van der Waals surface area contributed by atoms with Gasteiger partial charge in [0.2, 0.25) is 5.91 Å². The number of hydrogen-bond acceptors (Lipinski definition) is 4. The van der Waals surface area contributed by atoms with Gasteiger partial charge in [-0.15, -0.1) is 0 Å². The average molecular weight is 239 g/mol. The van der Waals surface area contributed by atoms with Gasteiger partial charge in [-0.05, 0) is 25.2 Å². The lowest BCUT2D eigenvalue weighted by Crippen LogP contribution is -2.43. The largest absolute Gasteiger partial charge is 0.462 e. The Hall–Kier alpha value is -1.36. The molecule has 1 heterocycles. The predicted octanol–water partition coefficient (Wildman–Crippen LogP) is 0.529. The molecule has 0 aromatic heterocycles. The van der Waals surface area contributed by atoms with Crippen molar-refractivity contribution in [1.82, 2.24) is 0 Å². The number of fused-ring (bicyclic) bond motifs is 2. The third kappa shape index (κ3) is 2.20. The molecular weight excluding hydrogens is 222 g/mol. The fourth-order valence-corrected chi connectivity index (χ4v) is 2.77. The second-order valence-corrected chi connectivity index (χ2v) is 4.68. The minimum atomic E-state index is -0.752. The molecule has 2 N–H and O–H groups in total. The van der Waals surface area contributed by atoms with Gasteiger partial charge in [-0.3, -0.25) is 4.79 Å². The molecule has 2 bridgehead atoms. The summed E-state index contributed by atoms with van der Waals surface area (Å²) in [5, 5.41) is 0. The predicted molar refractivity (Wildman–Crippen MR) is 59.9 cm³/mol. The number of amides is 1. The maximum absolute atomic E-state index is 11.4. The summed E-state index contributed by atoms with van der Waals surface area (Å²) in [6.45, 7) is 3.61. The van der Waals surface area contributed by atoms with E-state index in [1.54, 1.807) is 0 Å². The van der Waals surface area contributed by atoms with Crippen LogP contribution in [0, 0.1) is 5.92 Å². The lowest BCUT2D eigenvalue weighted by molar-refractivity contribution is -0.149. The highest BCUT2D eigenvalue weighted by atomic mass is 16.5. The number of rotatable bonds is 5. The number of nitrogens with two attached hydrogens (primary N) is 1. The van der Waals surface area contributed by atoms with Crippen LogP contribution in [0.4, 0.5) is 0 Å². The van der Waals surface area contributed by atoms with E-state index in [4.69, 9.17) is 15.2 Å². The van der Waals surface area contributed by atoms with Gasteiger partial charge in [0.15, 0.2) is 0 Å². The number of carbonyl (C=O) groups is 2. The van der Waals surface area contributed by atoms with E-state index in [1.165, 1.54) is 0 Å². The average Bonchev–Trinajstić information content (AvgIpc) is 2.88. The highest BCUT2D eigenvalue weighted by Crippen LogP contribution is 2.48. The monoisotopic (exact) mass is 239 g/mol. The molecule has 1 saturated heterocycles. The summed E-state index contributed by atoms with van der Waals surface area (Å²) < 4.78 is 10.6. The Balaban J connectivity index is 1.83. The van der Waals surface area contributed by atoms with E-state index >= 15 is 0 Å². The van der Waals surface area contributed by atoms with E-state index in [2.05, 4.69) is 6.58 Å². The first kappa shape index (κ1) is 12.1. The quantitative estimate of drug-likeness (QED) is 0.560. The normalized spacial score (nSPS) is 34.6. The van der Waals surface area contributed by atoms with Crippen molar-refractivity contribution in [1.29, 1.82) is 0 Å². The van der Waals surface area contributed by atoms with E-state index in [1.807, 2.05) is 0 Å². The van der Waals surface area contributed by atoms with Crippen LogP contribution in [0.5, 0.6) is 0 Å². The van der Waals surface area contributed by atoms with E-state index in [-0.39, 0.29) is 12.0 Å². The first-order valence-corrected chi connectivity index (χ1v) is 5.84. The van der Waals surface area contributed by atoms with Gasteiger partial charge in [0.1, 0.15) is 5.60 Å². The molecule has 0 aromatic rings. The summed E-state index contributed by atoms with van der Waals surface area (Å²) in [6, 6.07) is 0. The van der Waals surface area contributed by atoms with Crippen LogP contribution < -0.4 is 5.73 Å². The second-order valence-electron chi connectivity index (χ2n) is 4.68. The second kappa shape index (κ2) is 4.49. The highest BCUT2D eigenvalue weighted by Gasteiger charge is 2.55. The van der Waals surface area contributed by atoms with E-state index < -0.39 is 11.6 Å². The molecule has 3 atom stereocenters. The van der Waals surface area contributed by atoms with E-state index in [0.717, 1.165) is 18.9 Å². The third-order valence-electron chi connectivity index (χ3n) is 3.68. The minimum Gasteiger partial charge on any atom is -0.462 e. The van der Waals surface area contributed by atoms with Gasteiger partial charge in [0.05, 0.1) is 12.7 Å². The van der Waals surface area contributed by atoms with Gasteiger partial charge in [0.25, 0.3) is 0 Å². The van der Waals surface area contributed by atoms with Crippen molar-refractivity contribution in [2.75, 3.05) is 6.61 Å². The maximum Gasteiger partial charge on any atom is 0.330 e. The van der Waals surface area contributed by atoms with Gasteiger partial charge in [0, 0.05) is 12.5 Å². The van der Waals surface area contributed by atoms with Crippen molar-refractivity contribution in [2.24, 2.45) is 11.7 Å². The molecule has 0 spiro atoms. The molecule has 5 heteroatoms. The first-order valence-electron chi connectivity index (χ1n) is 5.84. The Bertz CT molecular complexity index is 354. The summed E-state index contributed by atoms with van der Waals surface area (Å²) in [7, 11) is 0. The molecule has 2 fully saturated rings. The molecule has 94 valence electrons. The summed E-state index contributed by atoms with van der Waals surface area (Å²) >= 11 is 0. The standard InChI is InChI=1S/C12H17NO4/c1-2-10(14)16-6-4-9-8-3-5-12(7-8,17-9)11(13)15/h2,8-9H,1,3-7H2,(H2,13,15). The van der Waals surface area contributed by atoms with Gasteiger partial charge in [-0.2, -0.15) is 0 Å². The number of carbonyl (C=O) groups excluding carboxylic acids is 2. The Morgan fingerprint density at radius 3 is 2.94 bits per heavy atom. The Kier molecular flexibility index (Phi) is 3.19. The van der Waals surface area contributed by atoms with Crippen molar-refractivity contribution in [2.45, 2.75) is 37.4 Å². The molecule has 1 amide bonds. The first-order chi connectivity index (χ1) is 8.07. The molecule has 1 aliphatic heterocycles. The van der Waals surface area contributed by atoms with E-state index in [9.17, 15) is 9.59 Å². The lowest BCUT2D eigenvalue weighted by Gasteiger charge is -2.28. The number of primary amides is 1. The number of hydrogen-bond donors (Lipinski definition) is 1. The van der Waals surface area contributed by atoms with Crippen LogP contribution in [-0.2, 0) is 19.1 Å². The Labute approximate surface area is 99.9 Å². The molecule has 0 aromatic carbocycles. The van der Waals surface area contributed by atoms with Gasteiger partial charge >= 0.3 is 5.97 Å². The molecule has 2 rings (SSSR count). The molecule has 0 radical (unpaired) electrons. The highest BCUT2D eigenvalue weighted by molar-refractivity contribution is 5.84. The topological polar surface area (TPSA) is 78.6 Å². The molecule has 3 unspecified atom stereocenters. The third-order valence-corrected chi connectivity index (χ3v) is 3.68. The van der Waals surface area contributed by atoms with Crippen LogP contribution >= 0.6 is 0 Å². The lowest BCUT2D eigenvalue weighted by atomic mass is 9.99. The Morgan fingerprint density at radius 2 is 2.35 bits per heavy atom. The molecule has 5 nitrogen and oxygen atoms in total. The number of ether oxygens (including phenoxy) is 2. The molecule has 1 aliphatic carbocycles. The molecule has 1 saturated carbocycles. The zero-order valence-corrected chi connectivity index (χ0v) is 9.69. The van der Waals surface area contributed by atoms with Crippen LogP contribution in [0.1, 0.15) is 25.7 Å². The molecule has 17 heavy (non-hydrogen) atoms. The van der Waals surface area contributed by atoms with Crippen LogP contribution in [0.3, 0.4) is 0 Å². The summed E-state index contributed by atoms with van der Waals surface area (Å²) in [5.41, 5.74) is 4.62. The van der Waals surface area contributed by atoms with Gasteiger partial charge < -0.3 is 15.2 Å². The van der Waals surface area contributed by atoms with Crippen LogP contribution in [0.2, 0.25) is 0 Å². The van der Waals surface area contributed by atoms with Crippen molar-refractivity contribution in [3.05, 3.63) is 12.7 Å². The van der Waals surface area contributed by atoms with Crippen molar-refractivity contribution < 1.29 is 19.1 Å². The van der Waals surface area contributed by atoms with Gasteiger partial charge in [-0.25, -0.2) is 4.79 Å². The smallest absolute Gasteiger partial charge is 0.330 e. The van der Waals surface area contributed by atoms with Gasteiger partial charge in [-0.1, -0.05) is 6.58 Å². The van der Waals surface area contributed by atoms with Crippen LogP contribution in [-0.4, -0.2) is 30.2 Å². The van der Waals surface area contributed by atoms with Crippen LogP contribution in [0.15, 0.2) is 12.7 Å². The fraction of sp³-hybridized carbons (Fsp3) is 0.667. The summed E-state index contributed by atoms with van der Waals surface area (Å²) in [6.07, 6.45) is 4.11. The minimum absolute atomic E-state index is 0.0196. The van der Waals surface area contributed by atoms with Crippen LogP contribution in [0.25, 0.3) is 0 Å². The van der Waals surface area contributed by atoms with Crippen molar-refractivity contribution in [3.8, 4) is 0 Å². The van der Waals surface area contributed by atoms with E-state index in [0.29, 0.717) is 25.4 Å².